The van der Waals surface area contributed by atoms with Gasteiger partial charge in [0.15, 0.2) is 5.76 Å². The van der Waals surface area contributed by atoms with Gasteiger partial charge in [0.2, 0.25) is 0 Å². The van der Waals surface area contributed by atoms with E-state index in [4.69, 9.17) is 9.26 Å². The van der Waals surface area contributed by atoms with Gasteiger partial charge in [0, 0.05) is 44.9 Å². The van der Waals surface area contributed by atoms with Crippen molar-refractivity contribution in [1.82, 2.24) is 15.4 Å². The molecule has 0 radical (unpaired) electrons. The summed E-state index contributed by atoms with van der Waals surface area (Å²) in [6.07, 6.45) is 2.33. The first-order chi connectivity index (χ1) is 9.26. The van der Waals surface area contributed by atoms with Crippen LogP contribution in [0.1, 0.15) is 38.1 Å². The topological polar surface area (TPSA) is 50.5 Å². The van der Waals surface area contributed by atoms with Gasteiger partial charge in [-0.05, 0) is 12.8 Å². The van der Waals surface area contributed by atoms with Gasteiger partial charge in [-0.15, -0.1) is 0 Å². The van der Waals surface area contributed by atoms with Crippen LogP contribution in [0.3, 0.4) is 0 Å². The molecule has 2 atom stereocenters. The zero-order chi connectivity index (χ0) is 13.7. The van der Waals surface area contributed by atoms with Gasteiger partial charge in [0.05, 0.1) is 5.69 Å². The predicted molar refractivity (Wildman–Crippen MR) is 73.8 cm³/mol. The van der Waals surface area contributed by atoms with Crippen molar-refractivity contribution >= 4 is 0 Å². The van der Waals surface area contributed by atoms with Crippen LogP contribution in [0.2, 0.25) is 0 Å². The summed E-state index contributed by atoms with van der Waals surface area (Å²) in [6, 6.07) is 3.18. The summed E-state index contributed by atoms with van der Waals surface area (Å²) in [4.78, 5) is 2.51. The first kappa shape index (κ1) is 14.5. The zero-order valence-corrected chi connectivity index (χ0v) is 12.2. The molecule has 1 aliphatic heterocycles. The molecule has 1 aliphatic rings. The molecule has 2 unspecified atom stereocenters. The largest absolute Gasteiger partial charge is 0.377 e. The van der Waals surface area contributed by atoms with E-state index in [0.29, 0.717) is 18.7 Å². The minimum absolute atomic E-state index is 0.489. The minimum Gasteiger partial charge on any atom is -0.377 e. The molecule has 0 aliphatic carbocycles. The molecule has 0 aromatic carbocycles. The van der Waals surface area contributed by atoms with Crippen LogP contribution >= 0.6 is 0 Å². The number of piperazine rings is 1. The van der Waals surface area contributed by atoms with Crippen LogP contribution in [0, 0.1) is 0 Å². The Balaban J connectivity index is 1.97. The van der Waals surface area contributed by atoms with Crippen LogP contribution < -0.4 is 5.32 Å². The fraction of sp³-hybridized carbons (Fsp3) is 0.786. The van der Waals surface area contributed by atoms with E-state index in [1.54, 1.807) is 7.11 Å². The van der Waals surface area contributed by atoms with E-state index in [-0.39, 0.29) is 0 Å². The van der Waals surface area contributed by atoms with Crippen molar-refractivity contribution in [3.63, 3.8) is 0 Å². The van der Waals surface area contributed by atoms with Gasteiger partial charge >= 0.3 is 0 Å². The number of ether oxygens (including phenoxy) is 1. The molecule has 108 valence electrons. The van der Waals surface area contributed by atoms with Crippen molar-refractivity contribution in [2.45, 2.75) is 51.9 Å². The molecule has 1 saturated heterocycles. The Hall–Kier alpha value is -0.910. The maximum absolute atomic E-state index is 5.25. The van der Waals surface area contributed by atoms with Crippen molar-refractivity contribution in [1.29, 1.82) is 0 Å². The molecule has 0 bridgehead atoms. The first-order valence-corrected chi connectivity index (χ1v) is 7.17. The van der Waals surface area contributed by atoms with E-state index in [2.05, 4.69) is 29.2 Å². The lowest BCUT2D eigenvalue weighted by Crippen LogP contribution is -2.55. The molecule has 1 N–H and O–H groups in total. The maximum atomic E-state index is 5.25. The normalized spacial score (nSPS) is 24.8. The Kier molecular flexibility index (Phi) is 5.36. The molecule has 2 rings (SSSR count). The Morgan fingerprint density at radius 1 is 1.47 bits per heavy atom. The summed E-state index contributed by atoms with van der Waals surface area (Å²) in [6.45, 7) is 7.98. The molecule has 2 heterocycles. The number of hydrogen-bond donors (Lipinski definition) is 1. The van der Waals surface area contributed by atoms with Crippen LogP contribution in [0.15, 0.2) is 10.6 Å². The molecular formula is C14H25N3O2. The van der Waals surface area contributed by atoms with Crippen LogP contribution in [0.25, 0.3) is 0 Å². The maximum Gasteiger partial charge on any atom is 0.162 e. The Morgan fingerprint density at radius 2 is 2.32 bits per heavy atom. The van der Waals surface area contributed by atoms with Gasteiger partial charge in [-0.25, -0.2) is 0 Å². The summed E-state index contributed by atoms with van der Waals surface area (Å²) in [5.41, 5.74) is 1.00. The van der Waals surface area contributed by atoms with Gasteiger partial charge in [-0.2, -0.15) is 0 Å². The van der Waals surface area contributed by atoms with Crippen molar-refractivity contribution in [3.8, 4) is 0 Å². The summed E-state index contributed by atoms with van der Waals surface area (Å²) in [5.74, 6) is 0.799. The zero-order valence-electron chi connectivity index (χ0n) is 12.2. The lowest BCUT2D eigenvalue weighted by atomic mass is 10.0. The lowest BCUT2D eigenvalue weighted by molar-refractivity contribution is 0.114. The number of nitrogens with zero attached hydrogens (tertiary/aromatic N) is 2. The molecule has 5 heteroatoms. The van der Waals surface area contributed by atoms with E-state index in [9.17, 15) is 0 Å². The minimum atomic E-state index is 0.489. The Labute approximate surface area is 115 Å². The third-order valence-electron chi connectivity index (χ3n) is 3.84. The first-order valence-electron chi connectivity index (χ1n) is 7.17. The quantitative estimate of drug-likeness (QED) is 0.851. The summed E-state index contributed by atoms with van der Waals surface area (Å²) < 4.78 is 10.3. The average Bonchev–Trinajstić information content (AvgIpc) is 2.86. The molecule has 1 aromatic rings. The molecule has 0 saturated carbocycles. The third kappa shape index (κ3) is 3.78. The number of hydrogen-bond acceptors (Lipinski definition) is 5. The molecule has 5 nitrogen and oxygen atoms in total. The van der Waals surface area contributed by atoms with E-state index < -0.39 is 0 Å². The highest BCUT2D eigenvalue weighted by atomic mass is 16.5. The SMILES string of the molecule is CCC1CN(Cc2cc(COC)on2)C(CC)CN1. The Morgan fingerprint density at radius 3 is 3.00 bits per heavy atom. The van der Waals surface area contributed by atoms with E-state index >= 15 is 0 Å². The number of nitrogens with one attached hydrogen (secondary N) is 1. The average molecular weight is 267 g/mol. The third-order valence-corrected chi connectivity index (χ3v) is 3.84. The van der Waals surface area contributed by atoms with Gasteiger partial charge in [-0.3, -0.25) is 4.90 Å². The molecule has 0 spiro atoms. The van der Waals surface area contributed by atoms with Gasteiger partial charge < -0.3 is 14.6 Å². The summed E-state index contributed by atoms with van der Waals surface area (Å²) in [7, 11) is 1.66. The molecule has 19 heavy (non-hydrogen) atoms. The number of aromatic nitrogens is 1. The highest BCUT2D eigenvalue weighted by molar-refractivity contribution is 5.05. The van der Waals surface area contributed by atoms with Crippen LogP contribution in [-0.2, 0) is 17.9 Å². The smallest absolute Gasteiger partial charge is 0.162 e. The van der Waals surface area contributed by atoms with Gasteiger partial charge in [0.25, 0.3) is 0 Å². The summed E-state index contributed by atoms with van der Waals surface area (Å²) in [5, 5.41) is 7.74. The fourth-order valence-electron chi connectivity index (χ4n) is 2.65. The Bertz CT molecular complexity index is 381. The van der Waals surface area contributed by atoms with E-state index in [0.717, 1.165) is 37.5 Å². The van der Waals surface area contributed by atoms with Crippen LogP contribution in [-0.4, -0.2) is 42.3 Å². The van der Waals surface area contributed by atoms with Gasteiger partial charge in [-0.1, -0.05) is 19.0 Å². The molecular weight excluding hydrogens is 242 g/mol. The van der Waals surface area contributed by atoms with Crippen LogP contribution in [0.5, 0.6) is 0 Å². The van der Waals surface area contributed by atoms with Crippen LogP contribution in [0.4, 0.5) is 0 Å². The predicted octanol–water partition coefficient (Wildman–Crippen LogP) is 1.78. The van der Waals surface area contributed by atoms with Crippen molar-refractivity contribution in [2.24, 2.45) is 0 Å². The molecule has 1 aromatic heterocycles. The fourth-order valence-corrected chi connectivity index (χ4v) is 2.65. The number of rotatable bonds is 6. The van der Waals surface area contributed by atoms with Gasteiger partial charge in [0.1, 0.15) is 6.61 Å². The van der Waals surface area contributed by atoms with Crippen molar-refractivity contribution < 1.29 is 9.26 Å². The second kappa shape index (κ2) is 7.03. The molecule has 1 fully saturated rings. The van der Waals surface area contributed by atoms with E-state index in [1.807, 2.05) is 6.07 Å². The monoisotopic (exact) mass is 267 g/mol. The van der Waals surface area contributed by atoms with E-state index in [1.165, 1.54) is 6.42 Å². The van der Waals surface area contributed by atoms with Crippen molar-refractivity contribution in [2.75, 3.05) is 20.2 Å². The number of methoxy groups -OCH3 is 1. The highest BCUT2D eigenvalue weighted by Crippen LogP contribution is 2.16. The second-order valence-corrected chi connectivity index (χ2v) is 5.22. The highest BCUT2D eigenvalue weighted by Gasteiger charge is 2.26. The second-order valence-electron chi connectivity index (χ2n) is 5.22. The summed E-state index contributed by atoms with van der Waals surface area (Å²) >= 11 is 0. The van der Waals surface area contributed by atoms with Crippen molar-refractivity contribution in [3.05, 3.63) is 17.5 Å². The molecule has 0 amide bonds. The lowest BCUT2D eigenvalue weighted by Gasteiger charge is -2.39. The standard InChI is InChI=1S/C14H25N3O2/c1-4-11-8-17(13(5-2)7-15-11)9-12-6-14(10-18-3)19-16-12/h6,11,13,15H,4-5,7-10H2,1-3H3.